The van der Waals surface area contributed by atoms with Gasteiger partial charge in [-0.1, -0.05) is 6.07 Å². The molecule has 0 aliphatic carbocycles. The molecule has 0 bridgehead atoms. The number of anilines is 1. The molecular formula is C10H8N6O. The molecule has 0 saturated heterocycles. The standard InChI is InChI=1S/C10H8N6O/c11-4-8-14-5-16(15-8)9-6(10(13)17)2-1-3-7(9)12/h1-3,5H,12H2,(H2,13,17). The number of nitriles is 1. The highest BCUT2D eigenvalue weighted by Crippen LogP contribution is 2.20. The van der Waals surface area contributed by atoms with E-state index >= 15 is 0 Å². The van der Waals surface area contributed by atoms with Crippen LogP contribution in [0.3, 0.4) is 0 Å². The Kier molecular flexibility index (Phi) is 2.46. The number of carbonyl (C=O) groups excluding carboxylic acids is 1. The molecule has 1 aromatic heterocycles. The summed E-state index contributed by atoms with van der Waals surface area (Å²) in [6, 6.07) is 6.53. The van der Waals surface area contributed by atoms with Crippen LogP contribution in [0.15, 0.2) is 24.5 Å². The summed E-state index contributed by atoms with van der Waals surface area (Å²) in [5, 5.41) is 12.5. The second kappa shape index (κ2) is 3.94. The van der Waals surface area contributed by atoms with Gasteiger partial charge in [0.25, 0.3) is 11.7 Å². The first-order valence-electron chi connectivity index (χ1n) is 4.64. The summed E-state index contributed by atoms with van der Waals surface area (Å²) < 4.78 is 1.26. The number of nitrogens with two attached hydrogens (primary N) is 2. The number of rotatable bonds is 2. The summed E-state index contributed by atoms with van der Waals surface area (Å²) in [6.45, 7) is 0. The average molecular weight is 228 g/mol. The van der Waals surface area contributed by atoms with Crippen LogP contribution in [-0.4, -0.2) is 20.7 Å². The van der Waals surface area contributed by atoms with Crippen LogP contribution >= 0.6 is 0 Å². The van der Waals surface area contributed by atoms with E-state index in [1.54, 1.807) is 18.2 Å². The van der Waals surface area contributed by atoms with Crippen LogP contribution in [-0.2, 0) is 0 Å². The minimum atomic E-state index is -0.624. The van der Waals surface area contributed by atoms with Gasteiger partial charge in [-0.25, -0.2) is 9.67 Å². The molecule has 1 amide bonds. The van der Waals surface area contributed by atoms with Crippen molar-refractivity contribution >= 4 is 11.6 Å². The van der Waals surface area contributed by atoms with Gasteiger partial charge >= 0.3 is 0 Å². The largest absolute Gasteiger partial charge is 0.397 e. The van der Waals surface area contributed by atoms with E-state index in [9.17, 15) is 4.79 Å². The van der Waals surface area contributed by atoms with Gasteiger partial charge in [-0.3, -0.25) is 4.79 Å². The fraction of sp³-hybridized carbons (Fsp3) is 0. The fourth-order valence-corrected chi connectivity index (χ4v) is 1.44. The zero-order valence-electron chi connectivity index (χ0n) is 8.66. The molecule has 0 unspecified atom stereocenters. The third-order valence-corrected chi connectivity index (χ3v) is 2.15. The van der Waals surface area contributed by atoms with Crippen molar-refractivity contribution in [1.82, 2.24) is 14.8 Å². The Morgan fingerprint density at radius 1 is 1.47 bits per heavy atom. The number of amides is 1. The number of benzene rings is 1. The number of hydrogen-bond donors (Lipinski definition) is 2. The van der Waals surface area contributed by atoms with Gasteiger partial charge < -0.3 is 11.5 Å². The Labute approximate surface area is 96.3 Å². The van der Waals surface area contributed by atoms with E-state index in [1.807, 2.05) is 0 Å². The Hall–Kier alpha value is -2.88. The number of hydrogen-bond acceptors (Lipinski definition) is 5. The lowest BCUT2D eigenvalue weighted by Gasteiger charge is -2.08. The number of primary amides is 1. The molecule has 0 saturated carbocycles. The monoisotopic (exact) mass is 228 g/mol. The number of carbonyl (C=O) groups is 1. The lowest BCUT2D eigenvalue weighted by Crippen LogP contribution is -2.16. The highest BCUT2D eigenvalue weighted by molar-refractivity contribution is 5.98. The maximum absolute atomic E-state index is 11.3. The predicted molar refractivity (Wildman–Crippen MR) is 59.0 cm³/mol. The maximum Gasteiger partial charge on any atom is 0.252 e. The van der Waals surface area contributed by atoms with Crippen LogP contribution in [0.2, 0.25) is 0 Å². The van der Waals surface area contributed by atoms with Gasteiger partial charge in [0.15, 0.2) is 0 Å². The van der Waals surface area contributed by atoms with Gasteiger partial charge in [-0.15, -0.1) is 5.10 Å². The molecular weight excluding hydrogens is 220 g/mol. The first-order valence-corrected chi connectivity index (χ1v) is 4.64. The van der Waals surface area contributed by atoms with E-state index in [0.717, 1.165) is 0 Å². The Morgan fingerprint density at radius 3 is 2.82 bits per heavy atom. The van der Waals surface area contributed by atoms with Crippen LogP contribution in [0.25, 0.3) is 5.69 Å². The predicted octanol–water partition coefficient (Wildman–Crippen LogP) is -0.180. The molecule has 0 spiro atoms. The van der Waals surface area contributed by atoms with Gasteiger partial charge in [-0.2, -0.15) is 5.26 Å². The SMILES string of the molecule is N#Cc1ncn(-c2c(N)cccc2C(N)=O)n1. The zero-order valence-corrected chi connectivity index (χ0v) is 8.66. The van der Waals surface area contributed by atoms with E-state index < -0.39 is 5.91 Å². The summed E-state index contributed by atoms with van der Waals surface area (Å²) in [6.07, 6.45) is 1.30. The van der Waals surface area contributed by atoms with Crippen molar-refractivity contribution in [2.45, 2.75) is 0 Å². The molecule has 0 atom stereocenters. The van der Waals surface area contributed by atoms with Gasteiger partial charge in [0.05, 0.1) is 11.3 Å². The molecule has 2 rings (SSSR count). The minimum Gasteiger partial charge on any atom is -0.397 e. The smallest absolute Gasteiger partial charge is 0.252 e. The quantitative estimate of drug-likeness (QED) is 0.690. The molecule has 4 N–H and O–H groups in total. The lowest BCUT2D eigenvalue weighted by atomic mass is 10.1. The number of nitrogen functional groups attached to an aromatic ring is 1. The van der Waals surface area contributed by atoms with E-state index in [0.29, 0.717) is 11.4 Å². The van der Waals surface area contributed by atoms with Crippen molar-refractivity contribution in [3.8, 4) is 11.8 Å². The average Bonchev–Trinajstić information content (AvgIpc) is 2.76. The molecule has 2 aromatic rings. The van der Waals surface area contributed by atoms with Crippen LogP contribution in [0, 0.1) is 11.3 Å². The molecule has 17 heavy (non-hydrogen) atoms. The molecule has 1 heterocycles. The van der Waals surface area contributed by atoms with Crippen molar-refractivity contribution < 1.29 is 4.79 Å². The molecule has 0 radical (unpaired) electrons. The minimum absolute atomic E-state index is 0.0105. The molecule has 7 heteroatoms. The highest BCUT2D eigenvalue weighted by Gasteiger charge is 2.14. The second-order valence-corrected chi connectivity index (χ2v) is 3.23. The van der Waals surface area contributed by atoms with Crippen LogP contribution in [0.5, 0.6) is 0 Å². The van der Waals surface area contributed by atoms with Crippen molar-refractivity contribution in [3.05, 3.63) is 35.9 Å². The molecule has 0 aliphatic heterocycles. The van der Waals surface area contributed by atoms with Gasteiger partial charge in [0.2, 0.25) is 0 Å². The Morgan fingerprint density at radius 2 is 2.24 bits per heavy atom. The van der Waals surface area contributed by atoms with Crippen molar-refractivity contribution in [3.63, 3.8) is 0 Å². The van der Waals surface area contributed by atoms with E-state index in [-0.39, 0.29) is 11.4 Å². The van der Waals surface area contributed by atoms with Crippen molar-refractivity contribution in [2.24, 2.45) is 5.73 Å². The Balaban J connectivity index is 2.66. The first kappa shape index (κ1) is 10.6. The third-order valence-electron chi connectivity index (χ3n) is 2.15. The number of para-hydroxylation sites is 1. The molecule has 0 fully saturated rings. The molecule has 7 nitrogen and oxygen atoms in total. The Bertz CT molecular complexity index is 624. The summed E-state index contributed by atoms with van der Waals surface area (Å²) in [7, 11) is 0. The van der Waals surface area contributed by atoms with Gasteiger partial charge in [0.1, 0.15) is 18.1 Å². The summed E-state index contributed by atoms with van der Waals surface area (Å²) in [5.41, 5.74) is 11.9. The third kappa shape index (κ3) is 1.79. The van der Waals surface area contributed by atoms with Crippen LogP contribution in [0.4, 0.5) is 5.69 Å². The second-order valence-electron chi connectivity index (χ2n) is 3.23. The van der Waals surface area contributed by atoms with E-state index in [2.05, 4.69) is 10.1 Å². The maximum atomic E-state index is 11.3. The zero-order chi connectivity index (χ0) is 12.4. The van der Waals surface area contributed by atoms with Crippen LogP contribution < -0.4 is 11.5 Å². The van der Waals surface area contributed by atoms with Crippen LogP contribution in [0.1, 0.15) is 16.2 Å². The molecule has 0 aliphatic rings. The normalized spacial score (nSPS) is 9.82. The van der Waals surface area contributed by atoms with Gasteiger partial charge in [0, 0.05) is 0 Å². The van der Waals surface area contributed by atoms with Gasteiger partial charge in [-0.05, 0) is 12.1 Å². The number of aromatic nitrogens is 3. The molecule has 1 aromatic carbocycles. The lowest BCUT2D eigenvalue weighted by molar-refractivity contribution is 0.1000. The summed E-state index contributed by atoms with van der Waals surface area (Å²) in [4.78, 5) is 15.0. The summed E-state index contributed by atoms with van der Waals surface area (Å²) >= 11 is 0. The number of nitrogens with zero attached hydrogens (tertiary/aromatic N) is 4. The van der Waals surface area contributed by atoms with E-state index in [4.69, 9.17) is 16.7 Å². The topological polar surface area (TPSA) is 124 Å². The highest BCUT2D eigenvalue weighted by atomic mass is 16.1. The van der Waals surface area contributed by atoms with Crippen molar-refractivity contribution in [1.29, 1.82) is 5.26 Å². The summed E-state index contributed by atoms with van der Waals surface area (Å²) in [5.74, 6) is -0.634. The van der Waals surface area contributed by atoms with E-state index in [1.165, 1.54) is 17.1 Å². The van der Waals surface area contributed by atoms with Crippen molar-refractivity contribution in [2.75, 3.05) is 5.73 Å². The fourth-order valence-electron chi connectivity index (χ4n) is 1.44. The first-order chi connectivity index (χ1) is 8.13. The molecule has 84 valence electrons.